The molecule has 0 spiro atoms. The first-order valence-electron chi connectivity index (χ1n) is 13.4. The molecule has 1 aromatic carbocycles. The van der Waals surface area contributed by atoms with E-state index in [1.165, 1.54) is 26.6 Å². The fourth-order valence-corrected chi connectivity index (χ4v) is 4.86. The van der Waals surface area contributed by atoms with Crippen LogP contribution in [0.5, 0.6) is 17.2 Å². The summed E-state index contributed by atoms with van der Waals surface area (Å²) in [7, 11) is 6.52. The number of likely N-dealkylation sites (tertiary alicyclic amines) is 1. The molecule has 2 aliphatic rings. The summed E-state index contributed by atoms with van der Waals surface area (Å²) < 4.78 is 44.5. The van der Waals surface area contributed by atoms with Crippen molar-refractivity contribution in [3.05, 3.63) is 35.7 Å². The van der Waals surface area contributed by atoms with E-state index in [2.05, 4.69) is 47.0 Å². The number of hydrogen-bond donors (Lipinski definition) is 1. The van der Waals surface area contributed by atoms with Crippen LogP contribution in [0.3, 0.4) is 0 Å². The normalized spacial score (nSPS) is 17.9. The largest absolute Gasteiger partial charge is 0.494 e. The average molecular weight is 561 g/mol. The third kappa shape index (κ3) is 7.33. The number of piperidine rings is 1. The molecule has 11 nitrogen and oxygen atoms in total. The molecule has 13 heteroatoms. The minimum atomic E-state index is -0.853. The minimum Gasteiger partial charge on any atom is -0.494 e. The lowest BCUT2D eigenvalue weighted by Gasteiger charge is -2.42. The van der Waals surface area contributed by atoms with Crippen molar-refractivity contribution in [2.75, 3.05) is 79.4 Å². The van der Waals surface area contributed by atoms with Gasteiger partial charge in [-0.2, -0.15) is 0 Å². The van der Waals surface area contributed by atoms with Crippen LogP contribution in [0, 0.1) is 11.6 Å². The average Bonchev–Trinajstić information content (AvgIpc) is 2.98. The van der Waals surface area contributed by atoms with E-state index < -0.39 is 11.6 Å². The van der Waals surface area contributed by atoms with Gasteiger partial charge in [0.1, 0.15) is 6.61 Å². The number of aromatic nitrogens is 2. The number of nitrogens with zero attached hydrogens (tertiary/aromatic N) is 7. The number of likely N-dealkylation sites (N-methyl/N-ethyl adjacent to an activating group) is 1. The molecule has 0 aliphatic carbocycles. The highest BCUT2D eigenvalue weighted by Crippen LogP contribution is 2.32. The molecule has 1 aromatic heterocycles. The Morgan fingerprint density at radius 3 is 2.23 bits per heavy atom. The zero-order chi connectivity index (χ0) is 28.5. The number of rotatable bonds is 9. The number of piperazine rings is 1. The van der Waals surface area contributed by atoms with E-state index in [1.54, 1.807) is 13.3 Å². The van der Waals surface area contributed by atoms with Gasteiger partial charge in [0.2, 0.25) is 11.9 Å². The van der Waals surface area contributed by atoms with Gasteiger partial charge in [0.15, 0.2) is 28.9 Å². The Kier molecular flexibility index (Phi) is 10.4. The van der Waals surface area contributed by atoms with Crippen LogP contribution in [0.4, 0.5) is 14.7 Å². The van der Waals surface area contributed by atoms with E-state index in [9.17, 15) is 8.78 Å². The van der Waals surface area contributed by atoms with Crippen molar-refractivity contribution in [1.82, 2.24) is 24.7 Å². The summed E-state index contributed by atoms with van der Waals surface area (Å²) >= 11 is 0. The molecule has 0 saturated carbocycles. The molecule has 1 N–H and O–H groups in total. The van der Waals surface area contributed by atoms with E-state index in [4.69, 9.17) is 14.2 Å². The first kappa shape index (κ1) is 29.4. The fraction of sp³-hybridized carbons (Fsp3) is 0.556. The maximum atomic E-state index is 14.5. The molecule has 40 heavy (non-hydrogen) atoms. The van der Waals surface area contributed by atoms with Crippen LogP contribution in [-0.4, -0.2) is 117 Å². The van der Waals surface area contributed by atoms with E-state index in [0.29, 0.717) is 18.5 Å². The molecule has 0 unspecified atom stereocenters. The van der Waals surface area contributed by atoms with Gasteiger partial charge < -0.3 is 29.3 Å². The summed E-state index contributed by atoms with van der Waals surface area (Å²) in [6, 6.07) is 1.78. The molecule has 2 saturated heterocycles. The van der Waals surface area contributed by atoms with E-state index >= 15 is 0 Å². The lowest BCUT2D eigenvalue weighted by molar-refractivity contribution is 0.0816. The van der Waals surface area contributed by atoms with Gasteiger partial charge in [-0.05, 0) is 19.9 Å². The first-order valence-corrected chi connectivity index (χ1v) is 13.4. The van der Waals surface area contributed by atoms with Gasteiger partial charge in [0.05, 0.1) is 38.7 Å². The van der Waals surface area contributed by atoms with Crippen molar-refractivity contribution >= 4 is 18.1 Å². The van der Waals surface area contributed by atoms with Gasteiger partial charge in [0, 0.05) is 64.6 Å². The molecule has 0 radical (unpaired) electrons. The summed E-state index contributed by atoms with van der Waals surface area (Å²) in [6.07, 6.45) is 6.81. The van der Waals surface area contributed by atoms with Gasteiger partial charge in [-0.3, -0.25) is 9.89 Å². The highest BCUT2D eigenvalue weighted by molar-refractivity contribution is 5.88. The summed E-state index contributed by atoms with van der Waals surface area (Å²) in [5.74, 6) is -0.650. The Hall–Kier alpha value is -3.58. The van der Waals surface area contributed by atoms with Gasteiger partial charge in [-0.1, -0.05) is 0 Å². The first-order chi connectivity index (χ1) is 19.4. The predicted molar refractivity (Wildman–Crippen MR) is 150 cm³/mol. The van der Waals surface area contributed by atoms with Crippen LogP contribution < -0.4 is 19.5 Å². The van der Waals surface area contributed by atoms with Crippen LogP contribution in [0.15, 0.2) is 28.4 Å². The zero-order valence-electron chi connectivity index (χ0n) is 23.6. The number of nitrogens with one attached hydrogen (secondary N) is 1. The Bertz CT molecular complexity index is 1140. The van der Waals surface area contributed by atoms with E-state index in [-0.39, 0.29) is 29.4 Å². The van der Waals surface area contributed by atoms with Crippen LogP contribution in [0.1, 0.15) is 18.4 Å². The molecule has 2 aliphatic heterocycles. The number of benzene rings is 1. The van der Waals surface area contributed by atoms with Crippen molar-refractivity contribution in [2.45, 2.75) is 25.5 Å². The second-order valence-electron chi connectivity index (χ2n) is 9.69. The van der Waals surface area contributed by atoms with Crippen molar-refractivity contribution in [3.8, 4) is 17.2 Å². The number of guanidine groups is 1. The van der Waals surface area contributed by atoms with Gasteiger partial charge in [-0.25, -0.2) is 23.7 Å². The van der Waals surface area contributed by atoms with Crippen LogP contribution in [-0.2, 0) is 6.61 Å². The standard InChI is InChI=1S/C27H38F2N8O3/c1-30-27(37-9-5-19(6-10-37)36-13-11-35(2)12-14-36)32-8-7-31-26-33-16-20(17-34-26)40-18-21-24(28)22(38-3)15-23(39-4)25(21)29/h8,15-17,19H,5-7,9-14,18H2,1-4H3,(H,31,33,34). The van der Waals surface area contributed by atoms with E-state index in [1.807, 2.05) is 0 Å². The number of halogens is 2. The van der Waals surface area contributed by atoms with Gasteiger partial charge in [-0.15, -0.1) is 0 Å². The van der Waals surface area contributed by atoms with Crippen molar-refractivity contribution in [3.63, 3.8) is 0 Å². The highest BCUT2D eigenvalue weighted by Gasteiger charge is 2.27. The van der Waals surface area contributed by atoms with Gasteiger partial charge in [0.25, 0.3) is 0 Å². The molecule has 218 valence electrons. The Labute approximate surface area is 233 Å². The molecule has 3 heterocycles. The second kappa shape index (κ2) is 14.2. The molecule has 2 aromatic rings. The lowest BCUT2D eigenvalue weighted by atomic mass is 10.0. The number of ether oxygens (including phenoxy) is 3. The smallest absolute Gasteiger partial charge is 0.223 e. The summed E-state index contributed by atoms with van der Waals surface area (Å²) in [5, 5.41) is 3.07. The zero-order valence-corrected chi connectivity index (χ0v) is 23.6. The van der Waals surface area contributed by atoms with Crippen LogP contribution in [0.25, 0.3) is 0 Å². The van der Waals surface area contributed by atoms with Crippen molar-refractivity contribution in [2.24, 2.45) is 9.98 Å². The Morgan fingerprint density at radius 1 is 1.02 bits per heavy atom. The molecular formula is C27H38F2N8O3. The molecule has 0 bridgehead atoms. The number of aliphatic imine (C=N–C) groups is 2. The minimum absolute atomic E-state index is 0.138. The van der Waals surface area contributed by atoms with E-state index in [0.717, 1.165) is 64.1 Å². The lowest BCUT2D eigenvalue weighted by Crippen LogP contribution is -2.52. The number of methoxy groups -OCH3 is 2. The Morgan fingerprint density at radius 2 is 1.65 bits per heavy atom. The SMILES string of the molecule is CN=C(N=CCNc1ncc(OCc2c(F)c(OC)cc(OC)c2F)cn1)N1CCC(N2CCN(C)CC2)CC1. The van der Waals surface area contributed by atoms with Crippen molar-refractivity contribution in [1.29, 1.82) is 0 Å². The van der Waals surface area contributed by atoms with Gasteiger partial charge >= 0.3 is 0 Å². The maximum absolute atomic E-state index is 14.5. The fourth-order valence-electron chi connectivity index (χ4n) is 4.86. The third-order valence-corrected chi connectivity index (χ3v) is 7.24. The number of anilines is 1. The number of hydrogen-bond acceptors (Lipinski definition) is 9. The van der Waals surface area contributed by atoms with Crippen LogP contribution in [0.2, 0.25) is 0 Å². The monoisotopic (exact) mass is 560 g/mol. The topological polar surface area (TPSA) is 99.9 Å². The second-order valence-corrected chi connectivity index (χ2v) is 9.69. The molecule has 0 atom stereocenters. The third-order valence-electron chi connectivity index (χ3n) is 7.24. The molecule has 2 fully saturated rings. The molecular weight excluding hydrogens is 522 g/mol. The Balaban J connectivity index is 1.22. The summed E-state index contributed by atoms with van der Waals surface area (Å²) in [4.78, 5) is 24.5. The van der Waals surface area contributed by atoms with Crippen LogP contribution >= 0.6 is 0 Å². The summed E-state index contributed by atoms with van der Waals surface area (Å²) in [6.45, 7) is 6.45. The summed E-state index contributed by atoms with van der Waals surface area (Å²) in [5.41, 5.74) is -0.313. The highest BCUT2D eigenvalue weighted by atomic mass is 19.1. The van der Waals surface area contributed by atoms with Crippen molar-refractivity contribution < 1.29 is 23.0 Å². The quantitative estimate of drug-likeness (QED) is 0.366. The predicted octanol–water partition coefficient (Wildman–Crippen LogP) is 2.53. The molecule has 4 rings (SSSR count). The maximum Gasteiger partial charge on any atom is 0.223 e. The molecule has 0 amide bonds.